The van der Waals surface area contributed by atoms with E-state index in [9.17, 15) is 0 Å². The van der Waals surface area contributed by atoms with Gasteiger partial charge in [0.1, 0.15) is 12.4 Å². The minimum atomic E-state index is -0.111. The van der Waals surface area contributed by atoms with Gasteiger partial charge < -0.3 is 9.84 Å². The highest BCUT2D eigenvalue weighted by Crippen LogP contribution is 2.35. The topological polar surface area (TPSA) is 32.7 Å². The summed E-state index contributed by atoms with van der Waals surface area (Å²) in [5.41, 5.74) is 2.06. The van der Waals surface area contributed by atoms with Gasteiger partial charge >= 0.3 is 0 Å². The minimum absolute atomic E-state index is 0.111. The van der Waals surface area contributed by atoms with Gasteiger partial charge in [-0.1, -0.05) is 11.8 Å². The number of methoxy groups -OCH3 is 1. The number of benzene rings is 1. The molecule has 1 N–H and O–H groups in total. The molecule has 0 heterocycles. The third-order valence-corrected chi connectivity index (χ3v) is 4.01. The van der Waals surface area contributed by atoms with Crippen LogP contribution in [0.2, 0.25) is 0 Å². The number of rotatable bonds is 5. The van der Waals surface area contributed by atoms with Crippen LogP contribution in [0.1, 0.15) is 30.9 Å². The lowest BCUT2D eigenvalue weighted by atomic mass is 10.1. The predicted molar refractivity (Wildman–Crippen MR) is 80.6 cm³/mol. The molecule has 108 valence electrons. The number of aliphatic hydroxyl groups excluding tert-OH is 1. The molecule has 1 saturated carbocycles. The maximum absolute atomic E-state index is 8.78. The predicted octanol–water partition coefficient (Wildman–Crippen LogP) is 2.27. The Kier molecular flexibility index (Phi) is 5.05. The van der Waals surface area contributed by atoms with E-state index in [-0.39, 0.29) is 6.61 Å². The van der Waals surface area contributed by atoms with Crippen molar-refractivity contribution in [1.82, 2.24) is 4.90 Å². The first-order valence-corrected chi connectivity index (χ1v) is 7.12. The second-order valence-electron chi connectivity index (χ2n) is 5.48. The lowest BCUT2D eigenvalue weighted by molar-refractivity contribution is 0.223. The normalized spacial score (nSPS) is 15.7. The maximum Gasteiger partial charge on any atom is 0.123 e. The number of aliphatic hydroxyl groups is 1. The van der Waals surface area contributed by atoms with Crippen molar-refractivity contribution < 1.29 is 9.84 Å². The summed E-state index contributed by atoms with van der Waals surface area (Å²) < 4.78 is 5.44. The van der Waals surface area contributed by atoms with Gasteiger partial charge in [0.05, 0.1) is 7.11 Å². The van der Waals surface area contributed by atoms with E-state index in [0.29, 0.717) is 6.04 Å². The molecule has 3 heteroatoms. The molecule has 1 atom stereocenters. The summed E-state index contributed by atoms with van der Waals surface area (Å²) in [6.07, 6.45) is 2.70. The Morgan fingerprint density at radius 1 is 1.45 bits per heavy atom. The first-order chi connectivity index (χ1) is 9.65. The van der Waals surface area contributed by atoms with E-state index in [2.05, 4.69) is 36.8 Å². The summed E-state index contributed by atoms with van der Waals surface area (Å²) in [6.45, 7) is 3.04. The first-order valence-electron chi connectivity index (χ1n) is 7.12. The Morgan fingerprint density at radius 3 is 2.80 bits per heavy atom. The SMILES string of the molecule is COc1ccc(C#CCO)cc1CN(C)C(C)C1CC1. The van der Waals surface area contributed by atoms with E-state index in [1.807, 2.05) is 12.1 Å². The number of hydrogen-bond donors (Lipinski definition) is 1. The minimum Gasteiger partial charge on any atom is -0.496 e. The molecule has 1 fully saturated rings. The van der Waals surface area contributed by atoms with E-state index in [1.54, 1.807) is 7.11 Å². The van der Waals surface area contributed by atoms with Crippen LogP contribution in [-0.2, 0) is 6.54 Å². The number of nitrogens with zero attached hydrogens (tertiary/aromatic N) is 1. The van der Waals surface area contributed by atoms with E-state index in [0.717, 1.165) is 29.3 Å². The summed E-state index contributed by atoms with van der Waals surface area (Å²) in [4.78, 5) is 2.37. The summed E-state index contributed by atoms with van der Waals surface area (Å²) in [6, 6.07) is 6.53. The van der Waals surface area contributed by atoms with Gasteiger partial charge in [0, 0.05) is 23.7 Å². The largest absolute Gasteiger partial charge is 0.496 e. The maximum atomic E-state index is 8.78. The number of ether oxygens (including phenoxy) is 1. The molecule has 20 heavy (non-hydrogen) atoms. The molecule has 0 aromatic heterocycles. The fourth-order valence-electron chi connectivity index (χ4n) is 2.47. The lowest BCUT2D eigenvalue weighted by Gasteiger charge is -2.25. The van der Waals surface area contributed by atoms with Crippen LogP contribution < -0.4 is 4.74 Å². The molecular formula is C17H23NO2. The van der Waals surface area contributed by atoms with Gasteiger partial charge in [0.25, 0.3) is 0 Å². The highest BCUT2D eigenvalue weighted by molar-refractivity contribution is 5.44. The molecule has 3 nitrogen and oxygen atoms in total. The summed E-state index contributed by atoms with van der Waals surface area (Å²) in [5.74, 6) is 7.38. The van der Waals surface area contributed by atoms with Crippen LogP contribution in [0.4, 0.5) is 0 Å². The average molecular weight is 273 g/mol. The van der Waals surface area contributed by atoms with E-state index in [4.69, 9.17) is 9.84 Å². The van der Waals surface area contributed by atoms with Crippen molar-refractivity contribution in [3.63, 3.8) is 0 Å². The zero-order valence-electron chi connectivity index (χ0n) is 12.5. The van der Waals surface area contributed by atoms with Gasteiger partial charge in [-0.2, -0.15) is 0 Å². The molecule has 0 radical (unpaired) electrons. The zero-order chi connectivity index (χ0) is 14.5. The van der Waals surface area contributed by atoms with Crippen molar-refractivity contribution in [1.29, 1.82) is 0 Å². The van der Waals surface area contributed by atoms with Crippen molar-refractivity contribution >= 4 is 0 Å². The molecular weight excluding hydrogens is 250 g/mol. The van der Waals surface area contributed by atoms with Crippen LogP contribution in [0.25, 0.3) is 0 Å². The Morgan fingerprint density at radius 2 is 2.20 bits per heavy atom. The van der Waals surface area contributed by atoms with Crippen LogP contribution >= 0.6 is 0 Å². The van der Waals surface area contributed by atoms with Crippen LogP contribution in [0.3, 0.4) is 0 Å². The van der Waals surface area contributed by atoms with Gasteiger partial charge in [-0.3, -0.25) is 4.90 Å². The van der Waals surface area contributed by atoms with Gasteiger partial charge in [0.2, 0.25) is 0 Å². The van der Waals surface area contributed by atoms with E-state index in [1.165, 1.54) is 12.8 Å². The third-order valence-electron chi connectivity index (χ3n) is 4.01. The molecule has 1 aromatic rings. The van der Waals surface area contributed by atoms with Crippen molar-refractivity contribution in [2.45, 2.75) is 32.4 Å². The Hall–Kier alpha value is -1.50. The molecule has 0 bridgehead atoms. The monoisotopic (exact) mass is 273 g/mol. The second-order valence-corrected chi connectivity index (χ2v) is 5.48. The fourth-order valence-corrected chi connectivity index (χ4v) is 2.47. The summed E-state index contributed by atoms with van der Waals surface area (Å²) in [5, 5.41) is 8.78. The van der Waals surface area contributed by atoms with Gasteiger partial charge in [-0.15, -0.1) is 0 Å². The molecule has 0 saturated heterocycles. The molecule has 2 rings (SSSR count). The van der Waals surface area contributed by atoms with Gasteiger partial charge in [0.15, 0.2) is 0 Å². The first kappa shape index (κ1) is 14.9. The Bertz CT molecular complexity index is 511. The molecule has 0 amide bonds. The van der Waals surface area contributed by atoms with Gasteiger partial charge in [-0.25, -0.2) is 0 Å². The van der Waals surface area contributed by atoms with Crippen molar-refractivity contribution in [3.05, 3.63) is 29.3 Å². The number of hydrogen-bond acceptors (Lipinski definition) is 3. The quantitative estimate of drug-likeness (QED) is 0.835. The van der Waals surface area contributed by atoms with Gasteiger partial charge in [-0.05, 0) is 50.9 Å². The Balaban J connectivity index is 2.14. The highest BCUT2D eigenvalue weighted by atomic mass is 16.5. The van der Waals surface area contributed by atoms with Crippen molar-refractivity contribution in [3.8, 4) is 17.6 Å². The zero-order valence-corrected chi connectivity index (χ0v) is 12.5. The van der Waals surface area contributed by atoms with Crippen molar-refractivity contribution in [2.75, 3.05) is 20.8 Å². The molecule has 1 unspecified atom stereocenters. The van der Waals surface area contributed by atoms with E-state index < -0.39 is 0 Å². The summed E-state index contributed by atoms with van der Waals surface area (Å²) >= 11 is 0. The van der Waals surface area contributed by atoms with Crippen LogP contribution in [0.5, 0.6) is 5.75 Å². The van der Waals surface area contributed by atoms with Crippen LogP contribution in [0, 0.1) is 17.8 Å². The fraction of sp³-hybridized carbons (Fsp3) is 0.529. The molecule has 1 aromatic carbocycles. The van der Waals surface area contributed by atoms with Crippen molar-refractivity contribution in [2.24, 2.45) is 5.92 Å². The molecule has 0 aliphatic heterocycles. The lowest BCUT2D eigenvalue weighted by Crippen LogP contribution is -2.30. The highest BCUT2D eigenvalue weighted by Gasteiger charge is 2.30. The molecule has 1 aliphatic rings. The molecule has 1 aliphatic carbocycles. The smallest absolute Gasteiger partial charge is 0.123 e. The average Bonchev–Trinajstić information content (AvgIpc) is 3.29. The van der Waals surface area contributed by atoms with E-state index >= 15 is 0 Å². The standard InChI is InChI=1S/C17H23NO2/c1-13(15-7-8-15)18(2)12-16-11-14(5-4-10-19)6-9-17(16)20-3/h6,9,11,13,15,19H,7-8,10,12H2,1-3H3. The third kappa shape index (κ3) is 3.75. The summed E-state index contributed by atoms with van der Waals surface area (Å²) in [7, 11) is 3.86. The van der Waals surface area contributed by atoms with Crippen LogP contribution in [-0.4, -0.2) is 36.8 Å². The Labute approximate surface area is 121 Å². The van der Waals surface area contributed by atoms with Crippen LogP contribution in [0.15, 0.2) is 18.2 Å². The molecule has 0 spiro atoms. The second kappa shape index (κ2) is 6.78.